The van der Waals surface area contributed by atoms with E-state index in [0.717, 1.165) is 42.4 Å². The fourth-order valence-electron chi connectivity index (χ4n) is 2.70. The molecule has 3 N–H and O–H groups in total. The van der Waals surface area contributed by atoms with E-state index in [9.17, 15) is 4.79 Å². The fourth-order valence-corrected chi connectivity index (χ4v) is 3.62. The molecule has 0 radical (unpaired) electrons. The molecule has 1 fully saturated rings. The second-order valence-corrected chi connectivity index (χ2v) is 7.52. The van der Waals surface area contributed by atoms with Crippen LogP contribution in [0.15, 0.2) is 24.4 Å². The van der Waals surface area contributed by atoms with Crippen molar-refractivity contribution in [1.82, 2.24) is 9.88 Å². The number of carbonyl (C=O) groups excluding carboxylic acids is 1. The van der Waals surface area contributed by atoms with E-state index in [1.165, 1.54) is 11.3 Å². The number of thiazole rings is 1. The number of likely N-dealkylation sites (N-methyl/N-ethyl adjacent to an activating group) is 1. The lowest BCUT2D eigenvalue weighted by Gasteiger charge is -2.35. The van der Waals surface area contributed by atoms with Gasteiger partial charge in [-0.1, -0.05) is 11.6 Å². The number of hydrogen-bond donors (Lipinski definition) is 2. The number of rotatable bonds is 5. The van der Waals surface area contributed by atoms with Crippen LogP contribution in [0.3, 0.4) is 0 Å². The Bertz CT molecular complexity index is 727. The molecule has 0 aliphatic carbocycles. The number of nitrogens with one attached hydrogen (secondary N) is 1. The maximum atomic E-state index is 11.5. The molecule has 128 valence electrons. The van der Waals surface area contributed by atoms with Crippen LogP contribution in [0.2, 0.25) is 4.47 Å². The van der Waals surface area contributed by atoms with Crippen molar-refractivity contribution < 1.29 is 4.79 Å². The third-order valence-corrected chi connectivity index (χ3v) is 5.22. The van der Waals surface area contributed by atoms with Crippen molar-refractivity contribution in [2.45, 2.75) is 6.54 Å². The van der Waals surface area contributed by atoms with Gasteiger partial charge < -0.3 is 20.9 Å². The van der Waals surface area contributed by atoms with Gasteiger partial charge in [-0.25, -0.2) is 4.98 Å². The number of hydrogen-bond acceptors (Lipinski definition) is 6. The first-order valence-electron chi connectivity index (χ1n) is 7.74. The molecule has 6 nitrogen and oxygen atoms in total. The quantitative estimate of drug-likeness (QED) is 0.850. The van der Waals surface area contributed by atoms with Gasteiger partial charge in [0.25, 0.3) is 0 Å². The van der Waals surface area contributed by atoms with E-state index < -0.39 is 5.91 Å². The lowest BCUT2D eigenvalue weighted by molar-refractivity contribution is 0.100. The molecule has 2 aromatic rings. The molecule has 24 heavy (non-hydrogen) atoms. The molecule has 0 unspecified atom stereocenters. The normalized spacial score (nSPS) is 15.5. The number of primary amides is 1. The lowest BCUT2D eigenvalue weighted by Crippen LogP contribution is -2.44. The molecule has 0 bridgehead atoms. The number of benzene rings is 1. The minimum atomic E-state index is -0.427. The zero-order valence-corrected chi connectivity index (χ0v) is 15.0. The summed E-state index contributed by atoms with van der Waals surface area (Å²) in [5.41, 5.74) is 7.92. The summed E-state index contributed by atoms with van der Waals surface area (Å²) in [5.74, 6) is -0.427. The maximum absolute atomic E-state index is 11.5. The van der Waals surface area contributed by atoms with E-state index in [-0.39, 0.29) is 0 Å². The SMILES string of the molecule is CN1CCN(c2ccc(C(N)=O)cc2NCc2cnc(Cl)s2)CC1. The Balaban J connectivity index is 1.82. The summed E-state index contributed by atoms with van der Waals surface area (Å²) in [6.07, 6.45) is 1.76. The number of nitrogens with two attached hydrogens (primary N) is 1. The van der Waals surface area contributed by atoms with Crippen LogP contribution in [0.1, 0.15) is 15.2 Å². The minimum Gasteiger partial charge on any atom is -0.378 e. The predicted octanol–water partition coefficient (Wildman–Crippen LogP) is 2.26. The molecule has 1 aromatic heterocycles. The first kappa shape index (κ1) is 17.0. The Morgan fingerprint density at radius 2 is 2.12 bits per heavy atom. The van der Waals surface area contributed by atoms with E-state index in [2.05, 4.69) is 27.1 Å². The number of piperazine rings is 1. The van der Waals surface area contributed by atoms with E-state index in [0.29, 0.717) is 16.6 Å². The Hall–Kier alpha value is -1.83. The largest absolute Gasteiger partial charge is 0.378 e. The molecule has 1 aliphatic heterocycles. The second kappa shape index (κ2) is 7.38. The summed E-state index contributed by atoms with van der Waals surface area (Å²) in [7, 11) is 2.13. The molecule has 3 rings (SSSR count). The van der Waals surface area contributed by atoms with E-state index >= 15 is 0 Å². The van der Waals surface area contributed by atoms with Gasteiger partial charge in [0.15, 0.2) is 4.47 Å². The van der Waals surface area contributed by atoms with Gasteiger partial charge in [0, 0.05) is 42.8 Å². The smallest absolute Gasteiger partial charge is 0.248 e. The molecule has 1 aliphatic rings. The van der Waals surface area contributed by atoms with Crippen molar-refractivity contribution in [2.75, 3.05) is 43.4 Å². The van der Waals surface area contributed by atoms with Crippen LogP contribution >= 0.6 is 22.9 Å². The van der Waals surface area contributed by atoms with Gasteiger partial charge in [0.05, 0.1) is 17.9 Å². The van der Waals surface area contributed by atoms with Gasteiger partial charge in [-0.3, -0.25) is 4.79 Å². The number of aromatic nitrogens is 1. The van der Waals surface area contributed by atoms with Gasteiger partial charge in [0.2, 0.25) is 5.91 Å². The highest BCUT2D eigenvalue weighted by Gasteiger charge is 2.18. The summed E-state index contributed by atoms with van der Waals surface area (Å²) < 4.78 is 0.525. The molecular weight excluding hydrogens is 346 g/mol. The molecule has 2 heterocycles. The lowest BCUT2D eigenvalue weighted by atomic mass is 10.1. The van der Waals surface area contributed by atoms with E-state index in [1.807, 2.05) is 12.1 Å². The number of halogens is 1. The first-order valence-corrected chi connectivity index (χ1v) is 8.94. The van der Waals surface area contributed by atoms with Crippen molar-refractivity contribution in [3.8, 4) is 0 Å². The van der Waals surface area contributed by atoms with Crippen LogP contribution in [0.4, 0.5) is 11.4 Å². The van der Waals surface area contributed by atoms with Crippen molar-refractivity contribution in [1.29, 1.82) is 0 Å². The van der Waals surface area contributed by atoms with Crippen molar-refractivity contribution >= 4 is 40.2 Å². The van der Waals surface area contributed by atoms with Crippen molar-refractivity contribution in [3.63, 3.8) is 0 Å². The average molecular weight is 366 g/mol. The average Bonchev–Trinajstić information content (AvgIpc) is 2.99. The second-order valence-electron chi connectivity index (χ2n) is 5.82. The van der Waals surface area contributed by atoms with Gasteiger partial charge in [-0.05, 0) is 25.2 Å². The van der Waals surface area contributed by atoms with Crippen LogP contribution in [0, 0.1) is 0 Å². The molecular formula is C16H20ClN5OS. The highest BCUT2D eigenvalue weighted by molar-refractivity contribution is 7.15. The third kappa shape index (κ3) is 3.98. The van der Waals surface area contributed by atoms with Crippen molar-refractivity contribution in [3.05, 3.63) is 39.3 Å². The van der Waals surface area contributed by atoms with E-state index in [1.54, 1.807) is 12.3 Å². The van der Waals surface area contributed by atoms with Crippen molar-refractivity contribution in [2.24, 2.45) is 5.73 Å². The highest BCUT2D eigenvalue weighted by Crippen LogP contribution is 2.29. The first-order chi connectivity index (χ1) is 11.5. The van der Waals surface area contributed by atoms with Crippen LogP contribution in [0.25, 0.3) is 0 Å². The van der Waals surface area contributed by atoms with E-state index in [4.69, 9.17) is 17.3 Å². The van der Waals surface area contributed by atoms with Gasteiger partial charge in [0.1, 0.15) is 0 Å². The maximum Gasteiger partial charge on any atom is 0.248 e. The summed E-state index contributed by atoms with van der Waals surface area (Å²) in [6, 6.07) is 5.57. The molecule has 0 spiro atoms. The molecule has 0 saturated carbocycles. The zero-order valence-electron chi connectivity index (χ0n) is 13.5. The fraction of sp³-hybridized carbons (Fsp3) is 0.375. The standard InChI is InChI=1S/C16H20ClN5OS/c1-21-4-6-22(7-5-21)14-3-2-11(15(18)23)8-13(14)19-9-12-10-20-16(17)24-12/h2-3,8,10,19H,4-7,9H2,1H3,(H2,18,23). The topological polar surface area (TPSA) is 74.5 Å². The molecule has 0 atom stereocenters. The number of nitrogens with zero attached hydrogens (tertiary/aromatic N) is 3. The summed E-state index contributed by atoms with van der Waals surface area (Å²) in [4.78, 5) is 21.2. The number of carbonyl (C=O) groups is 1. The monoisotopic (exact) mass is 365 g/mol. The van der Waals surface area contributed by atoms with Gasteiger partial charge in [-0.15, -0.1) is 11.3 Å². The zero-order chi connectivity index (χ0) is 17.1. The Morgan fingerprint density at radius 1 is 1.38 bits per heavy atom. The molecule has 1 aromatic carbocycles. The highest BCUT2D eigenvalue weighted by atomic mass is 35.5. The Kier molecular flexibility index (Phi) is 5.23. The van der Waals surface area contributed by atoms with Crippen LogP contribution < -0.4 is 16.0 Å². The summed E-state index contributed by atoms with van der Waals surface area (Å²) >= 11 is 7.32. The molecule has 1 amide bonds. The molecule has 8 heteroatoms. The Morgan fingerprint density at radius 3 is 2.75 bits per heavy atom. The predicted molar refractivity (Wildman–Crippen MR) is 99.1 cm³/mol. The van der Waals surface area contributed by atoms with Gasteiger partial charge >= 0.3 is 0 Å². The summed E-state index contributed by atoms with van der Waals surface area (Å²) in [5, 5.41) is 3.40. The number of amides is 1. The van der Waals surface area contributed by atoms with Crippen LogP contribution in [-0.2, 0) is 6.54 Å². The third-order valence-electron chi connectivity index (χ3n) is 4.10. The minimum absolute atomic E-state index is 0.427. The summed E-state index contributed by atoms with van der Waals surface area (Å²) in [6.45, 7) is 4.54. The number of anilines is 2. The van der Waals surface area contributed by atoms with Crippen LogP contribution in [-0.4, -0.2) is 49.0 Å². The van der Waals surface area contributed by atoms with Crippen LogP contribution in [0.5, 0.6) is 0 Å². The Labute approximate surface area is 150 Å². The van der Waals surface area contributed by atoms with Gasteiger partial charge in [-0.2, -0.15) is 0 Å². The molecule has 1 saturated heterocycles.